The third-order valence-corrected chi connectivity index (χ3v) is 4.02. The fourth-order valence-corrected chi connectivity index (χ4v) is 2.64. The van der Waals surface area contributed by atoms with E-state index in [0.717, 1.165) is 23.4 Å². The fourth-order valence-electron chi connectivity index (χ4n) is 2.64. The zero-order valence-electron chi connectivity index (χ0n) is 13.8. The predicted octanol–water partition coefficient (Wildman–Crippen LogP) is 2.99. The summed E-state index contributed by atoms with van der Waals surface area (Å²) in [6.07, 6.45) is 4.81. The first-order chi connectivity index (χ1) is 11.7. The molecule has 0 aliphatic rings. The third-order valence-electron chi connectivity index (χ3n) is 4.02. The van der Waals surface area contributed by atoms with Crippen LogP contribution in [0.5, 0.6) is 0 Å². The number of carbonyl (C=O) groups is 1. The van der Waals surface area contributed by atoms with Crippen LogP contribution in [-0.4, -0.2) is 22.0 Å². The molecule has 1 aromatic heterocycles. The summed E-state index contributed by atoms with van der Waals surface area (Å²) in [6.45, 7) is 0.603. The molecule has 2 aromatic carbocycles. The van der Waals surface area contributed by atoms with Crippen molar-refractivity contribution in [3.63, 3.8) is 0 Å². The quantitative estimate of drug-likeness (QED) is 0.759. The maximum atomic E-state index is 12.0. The van der Waals surface area contributed by atoms with Crippen LogP contribution in [0.25, 0.3) is 11.1 Å². The molecule has 0 saturated heterocycles. The maximum absolute atomic E-state index is 12.0. The van der Waals surface area contributed by atoms with E-state index in [9.17, 15) is 4.79 Å². The summed E-state index contributed by atoms with van der Waals surface area (Å²) in [5.41, 5.74) is 3.36. The largest absolute Gasteiger partial charge is 0.355 e. The number of nitrogens with zero attached hydrogens (tertiary/aromatic N) is 2. The third kappa shape index (κ3) is 4.10. The maximum Gasteiger partial charge on any atom is 0.224 e. The molecule has 0 aliphatic heterocycles. The molecule has 4 nitrogen and oxygen atoms in total. The van der Waals surface area contributed by atoms with Gasteiger partial charge in [-0.05, 0) is 16.7 Å². The summed E-state index contributed by atoms with van der Waals surface area (Å²) < 4.78 is 1.97. The molecule has 0 atom stereocenters. The topological polar surface area (TPSA) is 46.9 Å². The van der Waals surface area contributed by atoms with Gasteiger partial charge in [-0.2, -0.15) is 0 Å². The Morgan fingerprint density at radius 3 is 2.42 bits per heavy atom. The predicted molar refractivity (Wildman–Crippen MR) is 95.5 cm³/mol. The number of hydrogen-bond donors (Lipinski definition) is 1. The number of benzene rings is 2. The summed E-state index contributed by atoms with van der Waals surface area (Å²) in [4.78, 5) is 16.3. The zero-order chi connectivity index (χ0) is 16.8. The molecule has 3 aromatic rings. The summed E-state index contributed by atoms with van der Waals surface area (Å²) >= 11 is 0. The van der Waals surface area contributed by atoms with Gasteiger partial charge in [-0.1, -0.05) is 54.6 Å². The number of aryl methyl sites for hydroxylation is 1. The highest BCUT2D eigenvalue weighted by Gasteiger charge is 2.05. The first-order valence-corrected chi connectivity index (χ1v) is 8.09. The Labute approximate surface area is 142 Å². The lowest BCUT2D eigenvalue weighted by Crippen LogP contribution is -2.27. The van der Waals surface area contributed by atoms with Gasteiger partial charge in [-0.25, -0.2) is 4.98 Å². The summed E-state index contributed by atoms with van der Waals surface area (Å²) in [5, 5.41) is 2.95. The van der Waals surface area contributed by atoms with E-state index in [1.807, 2.05) is 48.1 Å². The fraction of sp³-hybridized carbons (Fsp3) is 0.200. The number of hydrogen-bond acceptors (Lipinski definition) is 2. The molecule has 0 bridgehead atoms. The van der Waals surface area contributed by atoms with Crippen molar-refractivity contribution in [3.8, 4) is 11.1 Å². The Morgan fingerprint density at radius 1 is 1.04 bits per heavy atom. The minimum Gasteiger partial charge on any atom is -0.355 e. The van der Waals surface area contributed by atoms with Crippen LogP contribution < -0.4 is 5.32 Å². The van der Waals surface area contributed by atoms with E-state index in [4.69, 9.17) is 0 Å². The number of carbonyl (C=O) groups excluding carboxylic acids is 1. The van der Waals surface area contributed by atoms with Crippen molar-refractivity contribution in [1.82, 2.24) is 14.9 Å². The van der Waals surface area contributed by atoms with Gasteiger partial charge in [0.2, 0.25) is 5.91 Å². The van der Waals surface area contributed by atoms with Gasteiger partial charge < -0.3 is 9.88 Å². The molecule has 0 spiro atoms. The molecular weight excluding hydrogens is 298 g/mol. The highest BCUT2D eigenvalue weighted by atomic mass is 16.1. The van der Waals surface area contributed by atoms with Gasteiger partial charge in [0.15, 0.2) is 0 Å². The molecule has 0 radical (unpaired) electrons. The molecule has 1 amide bonds. The van der Waals surface area contributed by atoms with Crippen molar-refractivity contribution >= 4 is 5.91 Å². The Balaban J connectivity index is 1.50. The Hall–Kier alpha value is -2.88. The SMILES string of the molecule is Cn1ccnc1CCNC(=O)Cc1ccc(-c2ccccc2)cc1. The molecule has 0 saturated carbocycles. The molecule has 0 unspecified atom stereocenters. The van der Waals surface area contributed by atoms with Gasteiger partial charge in [-0.3, -0.25) is 4.79 Å². The minimum absolute atomic E-state index is 0.0386. The smallest absolute Gasteiger partial charge is 0.224 e. The first kappa shape index (κ1) is 16.0. The van der Waals surface area contributed by atoms with Crippen molar-refractivity contribution in [1.29, 1.82) is 0 Å². The summed E-state index contributed by atoms with van der Waals surface area (Å²) in [6, 6.07) is 18.4. The van der Waals surface area contributed by atoms with Crippen molar-refractivity contribution in [2.75, 3.05) is 6.54 Å². The molecule has 1 heterocycles. The molecule has 4 heteroatoms. The normalized spacial score (nSPS) is 10.5. The van der Waals surface area contributed by atoms with Crippen LogP contribution >= 0.6 is 0 Å². The van der Waals surface area contributed by atoms with Gasteiger partial charge >= 0.3 is 0 Å². The van der Waals surface area contributed by atoms with E-state index in [1.54, 1.807) is 6.20 Å². The summed E-state index contributed by atoms with van der Waals surface area (Å²) in [5.74, 6) is 1.01. The molecule has 0 aliphatic carbocycles. The first-order valence-electron chi connectivity index (χ1n) is 8.09. The Morgan fingerprint density at radius 2 is 1.75 bits per heavy atom. The van der Waals surface area contributed by atoms with E-state index in [2.05, 4.69) is 34.6 Å². The zero-order valence-corrected chi connectivity index (χ0v) is 13.8. The minimum atomic E-state index is 0.0386. The lowest BCUT2D eigenvalue weighted by atomic mass is 10.0. The number of aromatic nitrogens is 2. The highest BCUT2D eigenvalue weighted by molar-refractivity contribution is 5.78. The van der Waals surface area contributed by atoms with E-state index in [0.29, 0.717) is 13.0 Å². The lowest BCUT2D eigenvalue weighted by Gasteiger charge is -2.07. The van der Waals surface area contributed by atoms with Crippen LogP contribution in [0.15, 0.2) is 67.0 Å². The van der Waals surface area contributed by atoms with E-state index in [-0.39, 0.29) is 5.91 Å². The van der Waals surface area contributed by atoms with Gasteiger partial charge in [0.05, 0.1) is 6.42 Å². The molecule has 1 N–H and O–H groups in total. The molecular formula is C20H21N3O. The van der Waals surface area contributed by atoms with Crippen LogP contribution in [0.1, 0.15) is 11.4 Å². The average Bonchev–Trinajstić information content (AvgIpc) is 3.01. The number of imidazole rings is 1. The Kier molecular flexibility index (Phi) is 5.06. The van der Waals surface area contributed by atoms with Gasteiger partial charge in [0, 0.05) is 32.4 Å². The van der Waals surface area contributed by atoms with E-state index < -0.39 is 0 Å². The highest BCUT2D eigenvalue weighted by Crippen LogP contribution is 2.19. The summed E-state index contributed by atoms with van der Waals surface area (Å²) in [7, 11) is 1.96. The van der Waals surface area contributed by atoms with Crippen LogP contribution in [0.4, 0.5) is 0 Å². The van der Waals surface area contributed by atoms with Crippen molar-refractivity contribution in [2.24, 2.45) is 7.05 Å². The lowest BCUT2D eigenvalue weighted by molar-refractivity contribution is -0.120. The van der Waals surface area contributed by atoms with Crippen LogP contribution in [0.2, 0.25) is 0 Å². The second-order valence-corrected chi connectivity index (χ2v) is 5.79. The van der Waals surface area contributed by atoms with E-state index >= 15 is 0 Å². The van der Waals surface area contributed by atoms with Crippen molar-refractivity contribution < 1.29 is 4.79 Å². The monoisotopic (exact) mass is 319 g/mol. The number of rotatable bonds is 6. The van der Waals surface area contributed by atoms with Crippen LogP contribution in [0.3, 0.4) is 0 Å². The van der Waals surface area contributed by atoms with Crippen molar-refractivity contribution in [2.45, 2.75) is 12.8 Å². The molecule has 24 heavy (non-hydrogen) atoms. The number of amides is 1. The molecule has 3 rings (SSSR count). The van der Waals surface area contributed by atoms with Gasteiger partial charge in [0.25, 0.3) is 0 Å². The standard InChI is InChI=1S/C20H21N3O/c1-23-14-13-21-19(23)11-12-22-20(24)15-16-7-9-18(10-8-16)17-5-3-2-4-6-17/h2-10,13-14H,11-12,15H2,1H3,(H,22,24). The molecule has 0 fully saturated rings. The van der Waals surface area contributed by atoms with Crippen molar-refractivity contribution in [3.05, 3.63) is 78.4 Å². The van der Waals surface area contributed by atoms with E-state index in [1.165, 1.54) is 5.56 Å². The number of nitrogens with one attached hydrogen (secondary N) is 1. The molecule has 122 valence electrons. The Bertz CT molecular complexity index is 791. The average molecular weight is 319 g/mol. The second kappa shape index (κ2) is 7.59. The van der Waals surface area contributed by atoms with Gasteiger partial charge in [-0.15, -0.1) is 0 Å². The van der Waals surface area contributed by atoms with Crippen LogP contribution in [0, 0.1) is 0 Å². The van der Waals surface area contributed by atoms with Crippen LogP contribution in [-0.2, 0) is 24.7 Å². The van der Waals surface area contributed by atoms with Gasteiger partial charge in [0.1, 0.15) is 5.82 Å². The second-order valence-electron chi connectivity index (χ2n) is 5.79.